The minimum absolute atomic E-state index is 0.0445. The highest BCUT2D eigenvalue weighted by molar-refractivity contribution is 7.98. The molecule has 146 valence electrons. The molecule has 0 aliphatic carbocycles. The number of hydrogen-bond donors (Lipinski definition) is 2. The minimum Gasteiger partial charge on any atom is -0.455 e. The smallest absolute Gasteiger partial charge is 0.311 e. The Kier molecular flexibility index (Phi) is 7.66. The minimum atomic E-state index is -0.619. The SMILES string of the molecule is CCNC(=O)CNC(=O)COC(=O)[C@@H]1CC(=O)N(c2cccc(SC)c2)C1. The van der Waals surface area contributed by atoms with Crippen molar-refractivity contribution in [2.24, 2.45) is 5.92 Å². The van der Waals surface area contributed by atoms with E-state index >= 15 is 0 Å². The van der Waals surface area contributed by atoms with Crippen LogP contribution >= 0.6 is 11.8 Å². The Balaban J connectivity index is 1.83. The van der Waals surface area contributed by atoms with Gasteiger partial charge in [0.1, 0.15) is 0 Å². The Morgan fingerprint density at radius 2 is 2.04 bits per heavy atom. The van der Waals surface area contributed by atoms with Crippen molar-refractivity contribution in [2.75, 3.05) is 37.4 Å². The van der Waals surface area contributed by atoms with Crippen LogP contribution in [-0.2, 0) is 23.9 Å². The van der Waals surface area contributed by atoms with Gasteiger partial charge in [0, 0.05) is 30.1 Å². The normalized spacial score (nSPS) is 16.1. The van der Waals surface area contributed by atoms with Gasteiger partial charge in [-0.1, -0.05) is 6.07 Å². The molecule has 1 atom stereocenters. The van der Waals surface area contributed by atoms with E-state index in [0.29, 0.717) is 6.54 Å². The molecule has 1 fully saturated rings. The molecule has 1 aliphatic heterocycles. The van der Waals surface area contributed by atoms with Crippen LogP contribution in [-0.4, -0.2) is 56.2 Å². The number of anilines is 1. The lowest BCUT2D eigenvalue weighted by Gasteiger charge is -2.17. The van der Waals surface area contributed by atoms with Crippen molar-refractivity contribution >= 4 is 41.1 Å². The molecule has 0 radical (unpaired) electrons. The molecule has 1 aliphatic rings. The average Bonchev–Trinajstić information content (AvgIpc) is 3.06. The third-order valence-corrected chi connectivity index (χ3v) is 4.71. The van der Waals surface area contributed by atoms with Gasteiger partial charge >= 0.3 is 5.97 Å². The lowest BCUT2D eigenvalue weighted by Crippen LogP contribution is -2.39. The van der Waals surface area contributed by atoms with Crippen LogP contribution in [0, 0.1) is 5.92 Å². The summed E-state index contributed by atoms with van der Waals surface area (Å²) in [7, 11) is 0. The quantitative estimate of drug-likeness (QED) is 0.494. The highest BCUT2D eigenvalue weighted by Crippen LogP contribution is 2.28. The molecule has 1 aromatic rings. The van der Waals surface area contributed by atoms with Crippen LogP contribution in [0.2, 0.25) is 0 Å². The van der Waals surface area contributed by atoms with E-state index in [1.54, 1.807) is 23.6 Å². The van der Waals surface area contributed by atoms with Gasteiger partial charge in [0.05, 0.1) is 12.5 Å². The number of carbonyl (C=O) groups is 4. The summed E-state index contributed by atoms with van der Waals surface area (Å²) in [6.45, 7) is 1.80. The summed E-state index contributed by atoms with van der Waals surface area (Å²) in [6.07, 6.45) is 1.99. The first-order valence-corrected chi connectivity index (χ1v) is 9.81. The number of benzene rings is 1. The van der Waals surface area contributed by atoms with Gasteiger partial charge in [-0.2, -0.15) is 0 Å². The number of rotatable bonds is 8. The fraction of sp³-hybridized carbons (Fsp3) is 0.444. The van der Waals surface area contributed by atoms with Crippen molar-refractivity contribution in [2.45, 2.75) is 18.2 Å². The van der Waals surface area contributed by atoms with Gasteiger partial charge in [0.15, 0.2) is 6.61 Å². The molecule has 1 saturated heterocycles. The summed E-state index contributed by atoms with van der Waals surface area (Å²) in [6, 6.07) is 7.52. The summed E-state index contributed by atoms with van der Waals surface area (Å²) in [5, 5.41) is 4.90. The van der Waals surface area contributed by atoms with Gasteiger partial charge in [-0.05, 0) is 31.4 Å². The highest BCUT2D eigenvalue weighted by Gasteiger charge is 2.36. The second-order valence-electron chi connectivity index (χ2n) is 5.94. The summed E-state index contributed by atoms with van der Waals surface area (Å²) in [5.74, 6) is -2.26. The predicted octanol–water partition coefficient (Wildman–Crippen LogP) is 0.557. The molecule has 8 nitrogen and oxygen atoms in total. The van der Waals surface area contributed by atoms with Gasteiger partial charge in [-0.15, -0.1) is 11.8 Å². The van der Waals surface area contributed by atoms with E-state index in [1.165, 1.54) is 0 Å². The first-order valence-electron chi connectivity index (χ1n) is 8.59. The topological polar surface area (TPSA) is 105 Å². The van der Waals surface area contributed by atoms with Crippen LogP contribution in [0.1, 0.15) is 13.3 Å². The standard InChI is InChI=1S/C18H23N3O5S/c1-3-19-15(22)9-20-16(23)11-26-18(25)12-7-17(24)21(10-12)13-5-4-6-14(8-13)27-2/h4-6,8,12H,3,7,9-11H2,1-2H3,(H,19,22)(H,20,23)/t12-/m1/s1. The number of esters is 1. The Bertz CT molecular complexity index is 725. The molecule has 1 heterocycles. The van der Waals surface area contributed by atoms with Crippen molar-refractivity contribution in [3.05, 3.63) is 24.3 Å². The summed E-state index contributed by atoms with van der Waals surface area (Å²) >= 11 is 1.57. The van der Waals surface area contributed by atoms with E-state index in [9.17, 15) is 19.2 Å². The maximum absolute atomic E-state index is 12.3. The Morgan fingerprint density at radius 1 is 1.26 bits per heavy atom. The van der Waals surface area contributed by atoms with Crippen molar-refractivity contribution < 1.29 is 23.9 Å². The van der Waals surface area contributed by atoms with E-state index in [0.717, 1.165) is 10.6 Å². The van der Waals surface area contributed by atoms with Gasteiger partial charge in [0.2, 0.25) is 11.8 Å². The Hall–Kier alpha value is -2.55. The molecule has 27 heavy (non-hydrogen) atoms. The number of hydrogen-bond acceptors (Lipinski definition) is 6. The maximum atomic E-state index is 12.3. The molecule has 0 saturated carbocycles. The number of amides is 3. The lowest BCUT2D eigenvalue weighted by atomic mass is 10.1. The largest absolute Gasteiger partial charge is 0.455 e. The number of likely N-dealkylation sites (N-methyl/N-ethyl adjacent to an activating group) is 1. The molecule has 2 N–H and O–H groups in total. The second-order valence-corrected chi connectivity index (χ2v) is 6.82. The van der Waals surface area contributed by atoms with E-state index in [2.05, 4.69) is 10.6 Å². The van der Waals surface area contributed by atoms with E-state index < -0.39 is 24.4 Å². The van der Waals surface area contributed by atoms with Gasteiger partial charge in [-0.25, -0.2) is 0 Å². The van der Waals surface area contributed by atoms with Crippen molar-refractivity contribution in [3.8, 4) is 0 Å². The zero-order valence-corrected chi connectivity index (χ0v) is 16.1. The fourth-order valence-corrected chi connectivity index (χ4v) is 3.09. The number of ether oxygens (including phenoxy) is 1. The molecule has 0 unspecified atom stereocenters. The van der Waals surface area contributed by atoms with Crippen LogP contribution in [0.3, 0.4) is 0 Å². The van der Waals surface area contributed by atoms with Gasteiger partial charge < -0.3 is 20.3 Å². The molecular formula is C18H23N3O5S. The van der Waals surface area contributed by atoms with E-state index in [4.69, 9.17) is 4.74 Å². The molecule has 0 bridgehead atoms. The van der Waals surface area contributed by atoms with Crippen LogP contribution in [0.5, 0.6) is 0 Å². The van der Waals surface area contributed by atoms with Crippen molar-refractivity contribution in [1.29, 1.82) is 0 Å². The van der Waals surface area contributed by atoms with Crippen molar-refractivity contribution in [3.63, 3.8) is 0 Å². The number of carbonyl (C=O) groups excluding carboxylic acids is 4. The van der Waals surface area contributed by atoms with E-state index in [-0.39, 0.29) is 31.3 Å². The van der Waals surface area contributed by atoms with E-state index in [1.807, 2.05) is 30.5 Å². The van der Waals surface area contributed by atoms with Crippen molar-refractivity contribution in [1.82, 2.24) is 10.6 Å². The third-order valence-electron chi connectivity index (χ3n) is 3.99. The first kappa shape index (κ1) is 20.8. The predicted molar refractivity (Wildman–Crippen MR) is 101 cm³/mol. The highest BCUT2D eigenvalue weighted by atomic mass is 32.2. The number of nitrogens with zero attached hydrogens (tertiary/aromatic N) is 1. The first-order chi connectivity index (χ1) is 12.9. The Labute approximate surface area is 162 Å². The molecule has 9 heteroatoms. The molecule has 3 amide bonds. The third kappa shape index (κ3) is 5.99. The monoisotopic (exact) mass is 393 g/mol. The number of nitrogens with one attached hydrogen (secondary N) is 2. The summed E-state index contributed by atoms with van der Waals surface area (Å²) < 4.78 is 4.99. The van der Waals surface area contributed by atoms with Crippen LogP contribution in [0.25, 0.3) is 0 Å². The van der Waals surface area contributed by atoms with Gasteiger partial charge in [0.25, 0.3) is 5.91 Å². The summed E-state index contributed by atoms with van der Waals surface area (Å²) in [5.41, 5.74) is 0.738. The zero-order chi connectivity index (χ0) is 19.8. The molecule has 1 aromatic carbocycles. The fourth-order valence-electron chi connectivity index (χ4n) is 2.64. The number of thioether (sulfide) groups is 1. The van der Waals surface area contributed by atoms with Crippen LogP contribution in [0.15, 0.2) is 29.2 Å². The lowest BCUT2D eigenvalue weighted by molar-refractivity contribution is -0.152. The Morgan fingerprint density at radius 3 is 2.74 bits per heavy atom. The molecule has 0 spiro atoms. The average molecular weight is 393 g/mol. The molecule has 2 rings (SSSR count). The zero-order valence-electron chi connectivity index (χ0n) is 15.3. The summed E-state index contributed by atoms with van der Waals surface area (Å²) in [4.78, 5) is 49.9. The second kappa shape index (κ2) is 9.96. The van der Waals surface area contributed by atoms with Gasteiger partial charge in [-0.3, -0.25) is 19.2 Å². The molecule has 0 aromatic heterocycles. The van der Waals surface area contributed by atoms with Crippen LogP contribution < -0.4 is 15.5 Å². The molecular weight excluding hydrogens is 370 g/mol. The van der Waals surface area contributed by atoms with Crippen LogP contribution in [0.4, 0.5) is 5.69 Å². The maximum Gasteiger partial charge on any atom is 0.311 e.